The fourth-order valence-corrected chi connectivity index (χ4v) is 3.75. The molecule has 1 atom stereocenters. The first-order valence-electron chi connectivity index (χ1n) is 9.16. The number of imidazole rings is 1. The van der Waals surface area contributed by atoms with Crippen LogP contribution in [-0.2, 0) is 6.54 Å². The molecule has 0 radical (unpaired) electrons. The maximum absolute atomic E-state index is 13.7. The summed E-state index contributed by atoms with van der Waals surface area (Å²) >= 11 is 0. The van der Waals surface area contributed by atoms with Gasteiger partial charge in [0, 0.05) is 32.2 Å². The Morgan fingerprint density at radius 2 is 1.89 bits per heavy atom. The normalized spacial score (nSPS) is 17.8. The van der Waals surface area contributed by atoms with Crippen molar-refractivity contribution >= 4 is 11.0 Å². The molecule has 3 heterocycles. The number of alkyl halides is 2. The molecule has 1 fully saturated rings. The fourth-order valence-electron chi connectivity index (χ4n) is 3.75. The summed E-state index contributed by atoms with van der Waals surface area (Å²) in [6.45, 7) is 5.25. The molecule has 1 aromatic carbocycles. The van der Waals surface area contributed by atoms with Crippen LogP contribution in [0.2, 0.25) is 0 Å². The highest BCUT2D eigenvalue weighted by Crippen LogP contribution is 2.29. The summed E-state index contributed by atoms with van der Waals surface area (Å²) in [7, 11) is 0. The molecule has 6 nitrogen and oxygen atoms in total. The van der Waals surface area contributed by atoms with Crippen molar-refractivity contribution in [2.24, 2.45) is 0 Å². The van der Waals surface area contributed by atoms with Gasteiger partial charge >= 0.3 is 6.55 Å². The minimum Gasteiger partial charge on any atom is -0.360 e. The van der Waals surface area contributed by atoms with E-state index in [0.29, 0.717) is 16.9 Å². The molecule has 1 aliphatic rings. The highest BCUT2D eigenvalue weighted by molar-refractivity contribution is 5.76. The van der Waals surface area contributed by atoms with E-state index in [-0.39, 0.29) is 6.04 Å². The molecule has 0 bridgehead atoms. The predicted molar refractivity (Wildman–Crippen MR) is 97.5 cm³/mol. The Morgan fingerprint density at radius 3 is 2.56 bits per heavy atom. The van der Waals surface area contributed by atoms with Crippen molar-refractivity contribution in [3.8, 4) is 0 Å². The third-order valence-electron chi connectivity index (χ3n) is 5.20. The van der Waals surface area contributed by atoms with Crippen LogP contribution in [0.3, 0.4) is 0 Å². The van der Waals surface area contributed by atoms with Crippen molar-refractivity contribution in [3.05, 3.63) is 47.6 Å². The Labute approximate surface area is 156 Å². The van der Waals surface area contributed by atoms with Crippen molar-refractivity contribution in [1.29, 1.82) is 0 Å². The zero-order chi connectivity index (χ0) is 19.0. The summed E-state index contributed by atoms with van der Waals surface area (Å²) in [5.74, 6) is 1.28. The molecule has 0 spiro atoms. The van der Waals surface area contributed by atoms with Crippen molar-refractivity contribution < 1.29 is 13.3 Å². The second-order valence-corrected chi connectivity index (χ2v) is 7.03. The molecule has 1 saturated heterocycles. The number of rotatable bonds is 5. The number of halogens is 2. The molecular weight excluding hydrogens is 352 g/mol. The molecule has 1 unspecified atom stereocenters. The number of fused-ring (bicyclic) bond motifs is 1. The molecule has 0 saturated carbocycles. The summed E-state index contributed by atoms with van der Waals surface area (Å²) in [6.07, 6.45) is 0. The van der Waals surface area contributed by atoms with Crippen LogP contribution in [-0.4, -0.2) is 50.7 Å². The number of para-hydroxylation sites is 2. The van der Waals surface area contributed by atoms with E-state index in [1.54, 1.807) is 18.2 Å². The molecule has 144 valence electrons. The summed E-state index contributed by atoms with van der Waals surface area (Å²) in [6, 6.07) is 8.83. The van der Waals surface area contributed by atoms with E-state index in [4.69, 9.17) is 4.52 Å². The quantitative estimate of drug-likeness (QED) is 0.682. The van der Waals surface area contributed by atoms with Gasteiger partial charge < -0.3 is 4.52 Å². The number of aromatic nitrogens is 3. The molecule has 4 rings (SSSR count). The van der Waals surface area contributed by atoms with Crippen LogP contribution in [0.15, 0.2) is 34.9 Å². The first-order chi connectivity index (χ1) is 13.0. The van der Waals surface area contributed by atoms with E-state index in [1.807, 2.05) is 26.0 Å². The number of hydrogen-bond acceptors (Lipinski definition) is 5. The molecule has 27 heavy (non-hydrogen) atoms. The zero-order valence-corrected chi connectivity index (χ0v) is 15.5. The number of hydrogen-bond donors (Lipinski definition) is 0. The van der Waals surface area contributed by atoms with Crippen LogP contribution in [0.5, 0.6) is 0 Å². The van der Waals surface area contributed by atoms with Gasteiger partial charge in [0.2, 0.25) is 0 Å². The lowest BCUT2D eigenvalue weighted by atomic mass is 10.2. The van der Waals surface area contributed by atoms with Gasteiger partial charge in [-0.1, -0.05) is 17.3 Å². The Hall–Kier alpha value is -2.32. The van der Waals surface area contributed by atoms with E-state index < -0.39 is 6.55 Å². The van der Waals surface area contributed by atoms with Crippen molar-refractivity contribution in [1.82, 2.24) is 24.5 Å². The molecule has 8 heteroatoms. The van der Waals surface area contributed by atoms with E-state index >= 15 is 0 Å². The highest BCUT2D eigenvalue weighted by Gasteiger charge is 2.28. The lowest BCUT2D eigenvalue weighted by Gasteiger charge is -2.37. The SMILES string of the molecule is Cc1cc(CN2CCN(C(C)c3nc4ccccc4n3C(F)F)CC2)on1. The third-order valence-corrected chi connectivity index (χ3v) is 5.20. The number of benzene rings is 1. The van der Waals surface area contributed by atoms with Gasteiger partial charge in [0.25, 0.3) is 0 Å². The molecule has 3 aromatic rings. The van der Waals surface area contributed by atoms with Crippen LogP contribution < -0.4 is 0 Å². The highest BCUT2D eigenvalue weighted by atomic mass is 19.3. The first-order valence-corrected chi connectivity index (χ1v) is 9.16. The van der Waals surface area contributed by atoms with Gasteiger partial charge in [-0.2, -0.15) is 8.78 Å². The van der Waals surface area contributed by atoms with Gasteiger partial charge in [-0.25, -0.2) is 4.98 Å². The minimum absolute atomic E-state index is 0.180. The zero-order valence-electron chi connectivity index (χ0n) is 15.5. The number of nitrogens with zero attached hydrogens (tertiary/aromatic N) is 5. The van der Waals surface area contributed by atoms with Gasteiger partial charge in [-0.15, -0.1) is 0 Å². The second-order valence-electron chi connectivity index (χ2n) is 7.03. The van der Waals surface area contributed by atoms with E-state index in [1.165, 1.54) is 0 Å². The molecule has 2 aromatic heterocycles. The topological polar surface area (TPSA) is 50.3 Å². The average Bonchev–Trinajstić information content (AvgIpc) is 3.25. The predicted octanol–water partition coefficient (Wildman–Crippen LogP) is 3.61. The largest absolute Gasteiger partial charge is 0.360 e. The standard InChI is InChI=1S/C19H23F2N5O/c1-13-11-15(27-23-13)12-24-7-9-25(10-8-24)14(2)18-22-16-5-3-4-6-17(16)26(18)19(20)21/h3-6,11,14,19H,7-10,12H2,1-2H3. The number of aryl methyl sites for hydroxylation is 1. The molecule has 0 N–H and O–H groups in total. The van der Waals surface area contributed by atoms with Gasteiger partial charge in [0.05, 0.1) is 29.3 Å². The van der Waals surface area contributed by atoms with Gasteiger partial charge in [0.15, 0.2) is 5.76 Å². The monoisotopic (exact) mass is 375 g/mol. The van der Waals surface area contributed by atoms with Crippen LogP contribution >= 0.6 is 0 Å². The lowest BCUT2D eigenvalue weighted by molar-refractivity contribution is 0.0546. The minimum atomic E-state index is -2.61. The summed E-state index contributed by atoms with van der Waals surface area (Å²) in [5, 5.41) is 3.92. The molecule has 0 aliphatic carbocycles. The van der Waals surface area contributed by atoms with E-state index in [2.05, 4.69) is 19.9 Å². The van der Waals surface area contributed by atoms with E-state index in [9.17, 15) is 8.78 Å². The van der Waals surface area contributed by atoms with Crippen LogP contribution in [0, 0.1) is 6.92 Å². The van der Waals surface area contributed by atoms with Crippen LogP contribution in [0.1, 0.15) is 36.8 Å². The summed E-state index contributed by atoms with van der Waals surface area (Å²) in [4.78, 5) is 9.00. The molecular formula is C19H23F2N5O. The van der Waals surface area contributed by atoms with Crippen LogP contribution in [0.25, 0.3) is 11.0 Å². The van der Waals surface area contributed by atoms with Crippen molar-refractivity contribution in [2.45, 2.75) is 33.0 Å². The van der Waals surface area contributed by atoms with Gasteiger partial charge in [-0.05, 0) is 26.0 Å². The van der Waals surface area contributed by atoms with Crippen LogP contribution in [0.4, 0.5) is 8.78 Å². The first kappa shape index (κ1) is 18.1. The Balaban J connectivity index is 1.47. The second kappa shape index (κ2) is 7.36. The summed E-state index contributed by atoms with van der Waals surface area (Å²) in [5.41, 5.74) is 1.97. The fraction of sp³-hybridized carbons (Fsp3) is 0.474. The molecule has 0 amide bonds. The maximum Gasteiger partial charge on any atom is 0.320 e. The average molecular weight is 375 g/mol. The van der Waals surface area contributed by atoms with Gasteiger partial charge in [0.1, 0.15) is 5.82 Å². The lowest BCUT2D eigenvalue weighted by Crippen LogP contribution is -2.47. The Kier molecular flexibility index (Phi) is 4.92. The Morgan fingerprint density at radius 1 is 1.15 bits per heavy atom. The maximum atomic E-state index is 13.7. The van der Waals surface area contributed by atoms with Crippen molar-refractivity contribution in [2.75, 3.05) is 26.2 Å². The van der Waals surface area contributed by atoms with Gasteiger partial charge in [-0.3, -0.25) is 14.4 Å². The van der Waals surface area contributed by atoms with E-state index in [0.717, 1.165) is 48.7 Å². The number of piperazine rings is 1. The van der Waals surface area contributed by atoms with Crippen molar-refractivity contribution in [3.63, 3.8) is 0 Å². The molecule has 1 aliphatic heterocycles. The smallest absolute Gasteiger partial charge is 0.320 e. The Bertz CT molecular complexity index is 914. The third kappa shape index (κ3) is 3.59. The summed E-state index contributed by atoms with van der Waals surface area (Å²) < 4.78 is 33.8.